The van der Waals surface area contributed by atoms with Crippen molar-refractivity contribution in [2.75, 3.05) is 6.61 Å². The monoisotopic (exact) mass is 182 g/mol. The largest absolute Gasteiger partial charge is 0.492 e. The predicted octanol–water partition coefficient (Wildman–Crippen LogP) is 2.01. The molecule has 1 atom stereocenters. The average Bonchev–Trinajstić information content (AvgIpc) is 2.49. The molecular weight excluding hydrogens is 176 g/mol. The van der Waals surface area contributed by atoms with Gasteiger partial charge in [0, 0.05) is 10.6 Å². The molecule has 0 aromatic heterocycles. The summed E-state index contributed by atoms with van der Waals surface area (Å²) in [6.45, 7) is 0.419. The maximum Gasteiger partial charge on any atom is 0.131 e. The Balaban J connectivity index is 2.55. The highest BCUT2D eigenvalue weighted by Crippen LogP contribution is 2.37. The van der Waals surface area contributed by atoms with Crippen molar-refractivity contribution >= 4 is 17.9 Å². The highest BCUT2D eigenvalue weighted by Gasteiger charge is 2.25. The molecule has 2 nitrogen and oxygen atoms in total. The van der Waals surface area contributed by atoms with Crippen molar-refractivity contribution in [3.63, 3.8) is 0 Å². The van der Waals surface area contributed by atoms with E-state index in [0.29, 0.717) is 11.6 Å². The van der Waals surface area contributed by atoms with Crippen LogP contribution in [0.15, 0.2) is 18.2 Å². The summed E-state index contributed by atoms with van der Waals surface area (Å²) in [5.74, 6) is 0.549. The summed E-state index contributed by atoms with van der Waals surface area (Å²) >= 11 is 5.90. The average molecular weight is 183 g/mol. The summed E-state index contributed by atoms with van der Waals surface area (Å²) in [7, 11) is 0. The quantitative estimate of drug-likeness (QED) is 0.622. The molecule has 0 N–H and O–H groups in total. The van der Waals surface area contributed by atoms with Crippen LogP contribution in [0.4, 0.5) is 0 Å². The first-order valence-corrected chi connectivity index (χ1v) is 4.07. The van der Waals surface area contributed by atoms with Crippen molar-refractivity contribution < 1.29 is 9.53 Å². The van der Waals surface area contributed by atoms with Crippen LogP contribution in [0.2, 0.25) is 5.02 Å². The maximum absolute atomic E-state index is 10.6. The van der Waals surface area contributed by atoms with Gasteiger partial charge in [-0.2, -0.15) is 0 Å². The van der Waals surface area contributed by atoms with Crippen LogP contribution in [0.25, 0.3) is 0 Å². The molecule has 1 aliphatic rings. The molecule has 1 unspecified atom stereocenters. The molecule has 1 heterocycles. The molecule has 2 rings (SSSR count). The number of hydrogen-bond acceptors (Lipinski definition) is 2. The van der Waals surface area contributed by atoms with Gasteiger partial charge >= 0.3 is 0 Å². The van der Waals surface area contributed by atoms with Crippen LogP contribution in [0.3, 0.4) is 0 Å². The fraction of sp³-hybridized carbons (Fsp3) is 0.222. The SMILES string of the molecule is O=CC1COc2cccc(Cl)c21. The predicted molar refractivity (Wildman–Crippen MR) is 45.8 cm³/mol. The van der Waals surface area contributed by atoms with Crippen molar-refractivity contribution in [2.45, 2.75) is 5.92 Å². The van der Waals surface area contributed by atoms with E-state index in [1.165, 1.54) is 0 Å². The second-order valence-corrected chi connectivity index (χ2v) is 3.11. The van der Waals surface area contributed by atoms with Gasteiger partial charge in [-0.1, -0.05) is 17.7 Å². The Kier molecular flexibility index (Phi) is 1.77. The first kappa shape index (κ1) is 7.62. The Hall–Kier alpha value is -1.02. The van der Waals surface area contributed by atoms with Crippen LogP contribution in [-0.4, -0.2) is 12.9 Å². The van der Waals surface area contributed by atoms with Gasteiger partial charge in [0.2, 0.25) is 0 Å². The molecular formula is C9H7ClO2. The number of aldehydes is 1. The van der Waals surface area contributed by atoms with Crippen LogP contribution in [0, 0.1) is 0 Å². The molecule has 3 heteroatoms. The van der Waals surface area contributed by atoms with Crippen LogP contribution in [-0.2, 0) is 4.79 Å². The number of carbonyl (C=O) groups excluding carboxylic acids is 1. The number of halogens is 1. The zero-order chi connectivity index (χ0) is 8.55. The Bertz CT molecular complexity index is 322. The molecule has 0 saturated carbocycles. The van der Waals surface area contributed by atoms with Crippen LogP contribution >= 0.6 is 11.6 Å². The van der Waals surface area contributed by atoms with Crippen molar-refractivity contribution in [1.82, 2.24) is 0 Å². The lowest BCUT2D eigenvalue weighted by atomic mass is 10.0. The molecule has 0 aliphatic carbocycles. The fourth-order valence-corrected chi connectivity index (χ4v) is 1.68. The number of fused-ring (bicyclic) bond motifs is 1. The first-order valence-electron chi connectivity index (χ1n) is 3.69. The molecule has 12 heavy (non-hydrogen) atoms. The summed E-state index contributed by atoms with van der Waals surface area (Å²) < 4.78 is 5.27. The van der Waals surface area contributed by atoms with E-state index in [0.717, 1.165) is 17.6 Å². The minimum Gasteiger partial charge on any atom is -0.492 e. The number of carbonyl (C=O) groups is 1. The van der Waals surface area contributed by atoms with Gasteiger partial charge in [-0.3, -0.25) is 0 Å². The number of ether oxygens (including phenoxy) is 1. The number of hydrogen-bond donors (Lipinski definition) is 0. The minimum atomic E-state index is -0.186. The van der Waals surface area contributed by atoms with E-state index in [1.54, 1.807) is 6.07 Å². The van der Waals surface area contributed by atoms with E-state index in [-0.39, 0.29) is 5.92 Å². The Labute approximate surface area is 75.1 Å². The van der Waals surface area contributed by atoms with Gasteiger partial charge in [-0.05, 0) is 12.1 Å². The van der Waals surface area contributed by atoms with Crippen LogP contribution < -0.4 is 4.74 Å². The molecule has 1 aliphatic heterocycles. The number of rotatable bonds is 1. The van der Waals surface area contributed by atoms with Gasteiger partial charge in [0.15, 0.2) is 0 Å². The highest BCUT2D eigenvalue weighted by molar-refractivity contribution is 6.31. The van der Waals surface area contributed by atoms with Gasteiger partial charge in [0.1, 0.15) is 18.6 Å². The van der Waals surface area contributed by atoms with E-state index in [9.17, 15) is 4.79 Å². The fourth-order valence-electron chi connectivity index (χ4n) is 1.37. The van der Waals surface area contributed by atoms with Crippen molar-refractivity contribution in [3.05, 3.63) is 28.8 Å². The van der Waals surface area contributed by atoms with Gasteiger partial charge < -0.3 is 9.53 Å². The van der Waals surface area contributed by atoms with Crippen molar-refractivity contribution in [1.29, 1.82) is 0 Å². The minimum absolute atomic E-state index is 0.186. The lowest BCUT2D eigenvalue weighted by molar-refractivity contribution is -0.109. The van der Waals surface area contributed by atoms with E-state index in [4.69, 9.17) is 16.3 Å². The second-order valence-electron chi connectivity index (χ2n) is 2.71. The third kappa shape index (κ3) is 0.994. The Morgan fingerprint density at radius 1 is 1.58 bits per heavy atom. The lowest BCUT2D eigenvalue weighted by Gasteiger charge is -2.00. The van der Waals surface area contributed by atoms with E-state index >= 15 is 0 Å². The Morgan fingerprint density at radius 3 is 3.17 bits per heavy atom. The van der Waals surface area contributed by atoms with Gasteiger partial charge in [-0.15, -0.1) is 0 Å². The molecule has 0 saturated heterocycles. The number of benzene rings is 1. The van der Waals surface area contributed by atoms with Gasteiger partial charge in [0.05, 0.1) is 5.92 Å². The first-order chi connectivity index (χ1) is 5.83. The van der Waals surface area contributed by atoms with Gasteiger partial charge in [0.25, 0.3) is 0 Å². The molecule has 1 aromatic rings. The molecule has 0 radical (unpaired) electrons. The molecule has 1 aromatic carbocycles. The maximum atomic E-state index is 10.6. The highest BCUT2D eigenvalue weighted by atomic mass is 35.5. The standard InChI is InChI=1S/C9H7ClO2/c10-7-2-1-3-8-9(7)6(4-11)5-12-8/h1-4,6H,5H2. The molecule has 62 valence electrons. The van der Waals surface area contributed by atoms with Crippen molar-refractivity contribution in [3.8, 4) is 5.75 Å². The summed E-state index contributed by atoms with van der Waals surface area (Å²) in [5, 5.41) is 0.613. The van der Waals surface area contributed by atoms with Gasteiger partial charge in [-0.25, -0.2) is 0 Å². The second kappa shape index (κ2) is 2.79. The normalized spacial score (nSPS) is 19.9. The topological polar surface area (TPSA) is 26.3 Å². The molecule has 0 amide bonds. The van der Waals surface area contributed by atoms with E-state index < -0.39 is 0 Å². The van der Waals surface area contributed by atoms with Crippen molar-refractivity contribution in [2.24, 2.45) is 0 Å². The third-order valence-corrected chi connectivity index (χ3v) is 2.30. The molecule has 0 bridgehead atoms. The Morgan fingerprint density at radius 2 is 2.42 bits per heavy atom. The van der Waals surface area contributed by atoms with E-state index in [2.05, 4.69) is 0 Å². The summed E-state index contributed by atoms with van der Waals surface area (Å²) in [4.78, 5) is 10.6. The summed E-state index contributed by atoms with van der Waals surface area (Å²) in [6, 6.07) is 5.41. The summed E-state index contributed by atoms with van der Waals surface area (Å²) in [5.41, 5.74) is 0.828. The lowest BCUT2D eigenvalue weighted by Crippen LogP contribution is -2.01. The molecule has 0 spiro atoms. The van der Waals surface area contributed by atoms with E-state index in [1.807, 2.05) is 12.1 Å². The zero-order valence-corrected chi connectivity index (χ0v) is 7.04. The van der Waals surface area contributed by atoms with Crippen LogP contribution in [0.1, 0.15) is 11.5 Å². The van der Waals surface area contributed by atoms with Crippen LogP contribution in [0.5, 0.6) is 5.75 Å². The molecule has 0 fully saturated rings. The third-order valence-electron chi connectivity index (χ3n) is 1.97. The zero-order valence-electron chi connectivity index (χ0n) is 6.29. The summed E-state index contributed by atoms with van der Waals surface area (Å²) in [6.07, 6.45) is 0.873. The smallest absolute Gasteiger partial charge is 0.131 e.